The number of imide groups is 1. The molecule has 3 amide bonds. The van der Waals surface area contributed by atoms with Gasteiger partial charge in [-0.3, -0.25) is 19.3 Å². The van der Waals surface area contributed by atoms with E-state index in [1.165, 1.54) is 0 Å². The van der Waals surface area contributed by atoms with E-state index in [9.17, 15) is 14.4 Å². The molecule has 5 heteroatoms. The van der Waals surface area contributed by atoms with Gasteiger partial charge in [-0.1, -0.05) is 26.0 Å². The van der Waals surface area contributed by atoms with Gasteiger partial charge in [0.25, 0.3) is 0 Å². The van der Waals surface area contributed by atoms with Crippen LogP contribution in [0.5, 0.6) is 0 Å². The van der Waals surface area contributed by atoms with Crippen molar-refractivity contribution in [3.63, 3.8) is 0 Å². The highest BCUT2D eigenvalue weighted by molar-refractivity contribution is 6.07. The van der Waals surface area contributed by atoms with E-state index in [1.54, 1.807) is 0 Å². The number of likely N-dealkylation sites (tertiary alicyclic amines) is 1. The van der Waals surface area contributed by atoms with E-state index in [0.29, 0.717) is 25.3 Å². The highest BCUT2D eigenvalue weighted by Crippen LogP contribution is 2.34. The van der Waals surface area contributed by atoms with Gasteiger partial charge in [0.05, 0.1) is 11.8 Å². The summed E-state index contributed by atoms with van der Waals surface area (Å²) >= 11 is 0. The number of fused-ring (bicyclic) bond motifs is 1. The quantitative estimate of drug-likeness (QED) is 0.600. The van der Waals surface area contributed by atoms with Crippen LogP contribution in [0.15, 0.2) is 12.2 Å². The summed E-state index contributed by atoms with van der Waals surface area (Å²) in [5, 5.41) is 2.73. The lowest BCUT2D eigenvalue weighted by atomic mass is 9.85. The molecular formula is C14H20N2O3. The molecule has 2 rings (SSSR count). The van der Waals surface area contributed by atoms with Crippen LogP contribution in [0.4, 0.5) is 0 Å². The van der Waals surface area contributed by atoms with Crippen LogP contribution in [0.2, 0.25) is 0 Å². The summed E-state index contributed by atoms with van der Waals surface area (Å²) in [6.45, 7) is 4.40. The van der Waals surface area contributed by atoms with Gasteiger partial charge in [-0.2, -0.15) is 0 Å². The highest BCUT2D eigenvalue weighted by Gasteiger charge is 2.47. The van der Waals surface area contributed by atoms with Crippen LogP contribution in [-0.2, 0) is 14.4 Å². The molecule has 0 radical (unpaired) electrons. The Morgan fingerprint density at radius 2 is 1.79 bits per heavy atom. The Labute approximate surface area is 113 Å². The van der Waals surface area contributed by atoms with Crippen LogP contribution in [0, 0.1) is 17.8 Å². The molecule has 2 aliphatic rings. The lowest BCUT2D eigenvalue weighted by molar-refractivity contribution is -0.143. The minimum atomic E-state index is -0.262. The van der Waals surface area contributed by atoms with Gasteiger partial charge < -0.3 is 5.32 Å². The Morgan fingerprint density at radius 3 is 2.26 bits per heavy atom. The molecule has 19 heavy (non-hydrogen) atoms. The van der Waals surface area contributed by atoms with E-state index in [2.05, 4.69) is 5.32 Å². The van der Waals surface area contributed by atoms with Crippen LogP contribution >= 0.6 is 0 Å². The van der Waals surface area contributed by atoms with Gasteiger partial charge in [0.15, 0.2) is 0 Å². The molecular weight excluding hydrogens is 244 g/mol. The summed E-state index contributed by atoms with van der Waals surface area (Å²) in [5.74, 6) is -0.813. The van der Waals surface area contributed by atoms with Crippen molar-refractivity contribution in [1.82, 2.24) is 10.2 Å². The predicted octanol–water partition coefficient (Wildman–Crippen LogP) is 0.710. The van der Waals surface area contributed by atoms with E-state index in [-0.39, 0.29) is 36.1 Å². The third kappa shape index (κ3) is 2.85. The molecule has 1 aliphatic carbocycles. The predicted molar refractivity (Wildman–Crippen MR) is 69.9 cm³/mol. The standard InChI is InChI=1S/C14H20N2O3/c1-9(2)7-15-12(17)8-16-13(18)10-5-3-4-6-11(10)14(16)19/h3-4,9-11H,5-8H2,1-2H3,(H,15,17)/t10-,11-/m1/s1. The number of amides is 3. The first-order valence-electron chi connectivity index (χ1n) is 6.77. The van der Waals surface area contributed by atoms with Gasteiger partial charge in [0.1, 0.15) is 6.54 Å². The molecule has 1 fully saturated rings. The topological polar surface area (TPSA) is 66.5 Å². The fraction of sp³-hybridized carbons (Fsp3) is 0.643. The largest absolute Gasteiger partial charge is 0.354 e. The second kappa shape index (κ2) is 5.55. The van der Waals surface area contributed by atoms with Crippen molar-refractivity contribution >= 4 is 17.7 Å². The third-order valence-corrected chi connectivity index (χ3v) is 3.61. The number of allylic oxidation sites excluding steroid dienone is 2. The van der Waals surface area contributed by atoms with Gasteiger partial charge in [0.2, 0.25) is 17.7 Å². The fourth-order valence-corrected chi connectivity index (χ4v) is 2.54. The number of nitrogens with zero attached hydrogens (tertiary/aromatic N) is 1. The van der Waals surface area contributed by atoms with Crippen LogP contribution in [-0.4, -0.2) is 35.7 Å². The maximum Gasteiger partial charge on any atom is 0.240 e. The Hall–Kier alpha value is -1.65. The number of rotatable bonds is 4. The van der Waals surface area contributed by atoms with Crippen molar-refractivity contribution in [1.29, 1.82) is 0 Å². The summed E-state index contributed by atoms with van der Waals surface area (Å²) < 4.78 is 0. The van der Waals surface area contributed by atoms with Crippen LogP contribution in [0.3, 0.4) is 0 Å². The third-order valence-electron chi connectivity index (χ3n) is 3.61. The Bertz CT molecular complexity index is 402. The first-order chi connectivity index (χ1) is 9.00. The Balaban J connectivity index is 1.96. The van der Waals surface area contributed by atoms with Gasteiger partial charge in [-0.05, 0) is 18.8 Å². The molecule has 104 valence electrons. The molecule has 1 N–H and O–H groups in total. The smallest absolute Gasteiger partial charge is 0.240 e. The Morgan fingerprint density at radius 1 is 1.26 bits per heavy atom. The lowest BCUT2D eigenvalue weighted by Crippen LogP contribution is -2.41. The molecule has 0 bridgehead atoms. The highest BCUT2D eigenvalue weighted by atomic mass is 16.2. The average molecular weight is 264 g/mol. The second-order valence-corrected chi connectivity index (χ2v) is 5.62. The van der Waals surface area contributed by atoms with E-state index in [4.69, 9.17) is 0 Å². The minimum absolute atomic E-state index is 0.141. The fourth-order valence-electron chi connectivity index (χ4n) is 2.54. The molecule has 0 aromatic heterocycles. The molecule has 0 spiro atoms. The molecule has 1 heterocycles. The van der Waals surface area contributed by atoms with Crippen LogP contribution < -0.4 is 5.32 Å². The monoisotopic (exact) mass is 264 g/mol. The van der Waals surface area contributed by atoms with Crippen molar-refractivity contribution in [2.75, 3.05) is 13.1 Å². The minimum Gasteiger partial charge on any atom is -0.354 e. The van der Waals surface area contributed by atoms with Crippen molar-refractivity contribution in [3.8, 4) is 0 Å². The second-order valence-electron chi connectivity index (χ2n) is 5.62. The number of nitrogens with one attached hydrogen (secondary N) is 1. The van der Waals surface area contributed by atoms with Gasteiger partial charge in [-0.15, -0.1) is 0 Å². The molecule has 5 nitrogen and oxygen atoms in total. The molecule has 0 unspecified atom stereocenters. The van der Waals surface area contributed by atoms with E-state index in [1.807, 2.05) is 26.0 Å². The lowest BCUT2D eigenvalue weighted by Gasteiger charge is -2.15. The van der Waals surface area contributed by atoms with Gasteiger partial charge in [-0.25, -0.2) is 0 Å². The summed E-state index contributed by atoms with van der Waals surface area (Å²) in [6, 6.07) is 0. The summed E-state index contributed by atoms with van der Waals surface area (Å²) in [7, 11) is 0. The molecule has 1 saturated heterocycles. The number of hydrogen-bond acceptors (Lipinski definition) is 3. The summed E-state index contributed by atoms with van der Waals surface area (Å²) in [5.41, 5.74) is 0. The first-order valence-corrected chi connectivity index (χ1v) is 6.77. The van der Waals surface area contributed by atoms with Crippen molar-refractivity contribution in [2.45, 2.75) is 26.7 Å². The van der Waals surface area contributed by atoms with Crippen molar-refractivity contribution in [2.24, 2.45) is 17.8 Å². The number of carbonyl (C=O) groups excluding carboxylic acids is 3. The normalized spacial score (nSPS) is 25.9. The zero-order chi connectivity index (χ0) is 14.0. The number of hydrogen-bond donors (Lipinski definition) is 1. The molecule has 0 aromatic carbocycles. The SMILES string of the molecule is CC(C)CNC(=O)CN1C(=O)[C@@H]2CC=CC[C@H]2C1=O. The van der Waals surface area contributed by atoms with E-state index >= 15 is 0 Å². The maximum atomic E-state index is 12.1. The molecule has 0 saturated carbocycles. The van der Waals surface area contributed by atoms with E-state index in [0.717, 1.165) is 4.90 Å². The van der Waals surface area contributed by atoms with Crippen LogP contribution in [0.25, 0.3) is 0 Å². The van der Waals surface area contributed by atoms with Crippen molar-refractivity contribution in [3.05, 3.63) is 12.2 Å². The zero-order valence-electron chi connectivity index (χ0n) is 11.4. The van der Waals surface area contributed by atoms with Gasteiger partial charge >= 0.3 is 0 Å². The molecule has 1 aliphatic heterocycles. The first kappa shape index (κ1) is 13.8. The van der Waals surface area contributed by atoms with Crippen LogP contribution in [0.1, 0.15) is 26.7 Å². The van der Waals surface area contributed by atoms with E-state index < -0.39 is 0 Å². The van der Waals surface area contributed by atoms with Gasteiger partial charge in [0, 0.05) is 6.54 Å². The van der Waals surface area contributed by atoms with Crippen molar-refractivity contribution < 1.29 is 14.4 Å². The Kier molecular flexibility index (Phi) is 4.02. The number of carbonyl (C=O) groups is 3. The zero-order valence-corrected chi connectivity index (χ0v) is 11.4. The maximum absolute atomic E-state index is 12.1. The molecule has 0 aromatic rings. The molecule has 2 atom stereocenters. The summed E-state index contributed by atoms with van der Waals surface area (Å²) in [6.07, 6.45) is 5.10. The summed E-state index contributed by atoms with van der Waals surface area (Å²) in [4.78, 5) is 37.1. The average Bonchev–Trinajstić information content (AvgIpc) is 2.62.